The monoisotopic (exact) mass is 420 g/mol. The largest absolute Gasteiger partial charge is 0.389 e. The van der Waals surface area contributed by atoms with Crippen LogP contribution in [0.25, 0.3) is 0 Å². The molecular weight excluding hydrogens is 403 g/mol. The van der Waals surface area contributed by atoms with Gasteiger partial charge in [-0.3, -0.25) is 14.9 Å². The van der Waals surface area contributed by atoms with Crippen LogP contribution in [-0.2, 0) is 16.0 Å². The fraction of sp³-hybridized carbons (Fsp3) is 0.429. The molecule has 0 spiro atoms. The van der Waals surface area contributed by atoms with E-state index < -0.39 is 22.5 Å². The van der Waals surface area contributed by atoms with Crippen LogP contribution >= 0.6 is 22.6 Å². The van der Waals surface area contributed by atoms with Gasteiger partial charge in [0.25, 0.3) is 5.69 Å². The molecule has 1 rings (SSSR count). The number of halogens is 1. The molecule has 1 unspecified atom stereocenters. The first-order valence-electron chi connectivity index (χ1n) is 6.54. The van der Waals surface area contributed by atoms with E-state index in [4.69, 9.17) is 0 Å². The summed E-state index contributed by atoms with van der Waals surface area (Å²) < 4.78 is 0.426. The predicted octanol–water partition coefficient (Wildman–Crippen LogP) is 1.40. The molecule has 0 aliphatic rings. The highest BCUT2D eigenvalue weighted by Gasteiger charge is 2.25. The number of nitrogens with one attached hydrogen (secondary N) is 1. The average Bonchev–Trinajstić information content (AvgIpc) is 2.46. The van der Waals surface area contributed by atoms with E-state index in [0.29, 0.717) is 16.3 Å². The molecule has 1 aromatic carbocycles. The molecule has 0 fully saturated rings. The smallest absolute Gasteiger partial charge is 0.269 e. The number of alkyl halides is 1. The van der Waals surface area contributed by atoms with Crippen LogP contribution in [0, 0.1) is 10.1 Å². The van der Waals surface area contributed by atoms with Gasteiger partial charge in [-0.05, 0) is 12.5 Å². The minimum Gasteiger partial charge on any atom is -0.389 e. The SMILES string of the molecule is CC(O)(CI)C[C@@H](C=O)NC(=O)Cc1cccc([N+](=O)[O-])c1. The normalized spacial score (nSPS) is 14.7. The zero-order valence-corrected chi connectivity index (χ0v) is 14.1. The molecule has 0 aliphatic carbocycles. The molecule has 0 bridgehead atoms. The van der Waals surface area contributed by atoms with E-state index in [2.05, 4.69) is 5.32 Å². The fourth-order valence-electron chi connectivity index (χ4n) is 1.88. The molecule has 0 aromatic heterocycles. The molecule has 0 saturated carbocycles. The number of aldehydes is 1. The quantitative estimate of drug-likeness (QED) is 0.217. The van der Waals surface area contributed by atoms with Crippen molar-refractivity contribution in [2.24, 2.45) is 0 Å². The van der Waals surface area contributed by atoms with Gasteiger partial charge in [-0.2, -0.15) is 0 Å². The zero-order chi connectivity index (χ0) is 16.8. The van der Waals surface area contributed by atoms with Gasteiger partial charge in [-0.1, -0.05) is 34.7 Å². The van der Waals surface area contributed by atoms with Crippen molar-refractivity contribution in [1.82, 2.24) is 5.32 Å². The van der Waals surface area contributed by atoms with E-state index in [1.54, 1.807) is 13.0 Å². The van der Waals surface area contributed by atoms with E-state index in [-0.39, 0.29) is 18.5 Å². The molecule has 1 aromatic rings. The summed E-state index contributed by atoms with van der Waals surface area (Å²) in [5, 5.41) is 23.1. The molecule has 1 amide bonds. The van der Waals surface area contributed by atoms with Gasteiger partial charge < -0.3 is 15.2 Å². The van der Waals surface area contributed by atoms with Gasteiger partial charge >= 0.3 is 0 Å². The first kappa shape index (κ1) is 18.5. The summed E-state index contributed by atoms with van der Waals surface area (Å²) in [5.74, 6) is -0.429. The van der Waals surface area contributed by atoms with Crippen LogP contribution in [0.3, 0.4) is 0 Å². The minimum atomic E-state index is -1.05. The minimum absolute atomic E-state index is 0.0710. The Balaban J connectivity index is 2.66. The molecule has 22 heavy (non-hydrogen) atoms. The Kier molecular flexibility index (Phi) is 6.88. The second-order valence-corrected chi connectivity index (χ2v) is 6.01. The highest BCUT2D eigenvalue weighted by molar-refractivity contribution is 14.1. The van der Waals surface area contributed by atoms with Gasteiger partial charge in [0.15, 0.2) is 0 Å². The molecule has 2 atom stereocenters. The third kappa shape index (κ3) is 6.06. The molecule has 0 aliphatic heterocycles. The van der Waals surface area contributed by atoms with Crippen molar-refractivity contribution in [2.45, 2.75) is 31.4 Å². The number of hydrogen-bond acceptors (Lipinski definition) is 5. The molecule has 8 heteroatoms. The lowest BCUT2D eigenvalue weighted by Gasteiger charge is -2.24. The first-order chi connectivity index (χ1) is 10.3. The molecule has 2 N–H and O–H groups in total. The molecule has 0 saturated heterocycles. The van der Waals surface area contributed by atoms with Crippen molar-refractivity contribution in [3.8, 4) is 0 Å². The number of nitro benzene ring substituents is 1. The summed E-state index contributed by atoms with van der Waals surface area (Å²) in [4.78, 5) is 33.1. The van der Waals surface area contributed by atoms with E-state index in [1.165, 1.54) is 18.2 Å². The van der Waals surface area contributed by atoms with Gasteiger partial charge in [0.05, 0.1) is 23.0 Å². The number of nitro groups is 1. The lowest BCUT2D eigenvalue weighted by atomic mass is 9.99. The van der Waals surface area contributed by atoms with Gasteiger partial charge in [-0.25, -0.2) is 0 Å². The number of carbonyl (C=O) groups excluding carboxylic acids is 2. The summed E-state index contributed by atoms with van der Waals surface area (Å²) in [5.41, 5.74) is -0.660. The highest BCUT2D eigenvalue weighted by atomic mass is 127. The number of non-ortho nitro benzene ring substituents is 1. The standard InChI is InChI=1S/C14H17IN2O5/c1-14(20,9-15)7-11(8-18)16-13(19)6-10-3-2-4-12(5-10)17(21)22/h2-5,8,11,20H,6-7,9H2,1H3,(H,16,19)/t11-,14?/m0/s1. The van der Waals surface area contributed by atoms with Crippen LogP contribution in [0.5, 0.6) is 0 Å². The fourth-order valence-corrected chi connectivity index (χ4v) is 2.20. The van der Waals surface area contributed by atoms with Crippen LogP contribution in [0.4, 0.5) is 5.69 Å². The Morgan fingerprint density at radius 3 is 2.82 bits per heavy atom. The lowest BCUT2D eigenvalue weighted by Crippen LogP contribution is -2.43. The van der Waals surface area contributed by atoms with E-state index in [9.17, 15) is 24.8 Å². The molecule has 120 valence electrons. The predicted molar refractivity (Wildman–Crippen MR) is 88.9 cm³/mol. The van der Waals surface area contributed by atoms with Crippen molar-refractivity contribution in [2.75, 3.05) is 4.43 Å². The molecule has 0 radical (unpaired) electrons. The van der Waals surface area contributed by atoms with Crippen molar-refractivity contribution in [3.05, 3.63) is 39.9 Å². The summed E-state index contributed by atoms with van der Waals surface area (Å²) in [7, 11) is 0. The third-order valence-corrected chi connectivity index (χ3v) is 4.59. The summed E-state index contributed by atoms with van der Waals surface area (Å²) in [6.45, 7) is 1.59. The Hall–Kier alpha value is -1.55. The maximum Gasteiger partial charge on any atom is 0.269 e. The number of hydrogen-bond donors (Lipinski definition) is 2. The molecular formula is C14H17IN2O5. The van der Waals surface area contributed by atoms with Gasteiger partial charge in [0, 0.05) is 23.0 Å². The van der Waals surface area contributed by atoms with E-state index in [0.717, 1.165) is 0 Å². The van der Waals surface area contributed by atoms with E-state index >= 15 is 0 Å². The van der Waals surface area contributed by atoms with Crippen LogP contribution in [0.1, 0.15) is 18.9 Å². The zero-order valence-electron chi connectivity index (χ0n) is 12.0. The molecule has 0 heterocycles. The van der Waals surface area contributed by atoms with Crippen LogP contribution in [0.15, 0.2) is 24.3 Å². The van der Waals surface area contributed by atoms with Crippen LogP contribution < -0.4 is 5.32 Å². The number of carbonyl (C=O) groups is 2. The van der Waals surface area contributed by atoms with Crippen molar-refractivity contribution >= 4 is 40.5 Å². The average molecular weight is 420 g/mol. The maximum absolute atomic E-state index is 11.9. The summed E-state index contributed by atoms with van der Waals surface area (Å²) >= 11 is 2.00. The molecule has 7 nitrogen and oxygen atoms in total. The Bertz CT molecular complexity index is 562. The lowest BCUT2D eigenvalue weighted by molar-refractivity contribution is -0.384. The first-order valence-corrected chi connectivity index (χ1v) is 8.06. The number of aliphatic hydroxyl groups is 1. The van der Waals surface area contributed by atoms with Gasteiger partial charge in [0.2, 0.25) is 5.91 Å². The van der Waals surface area contributed by atoms with Crippen molar-refractivity contribution in [1.29, 1.82) is 0 Å². The number of benzene rings is 1. The second-order valence-electron chi connectivity index (χ2n) is 5.25. The van der Waals surface area contributed by atoms with Crippen molar-refractivity contribution < 1.29 is 19.6 Å². The van der Waals surface area contributed by atoms with Crippen LogP contribution in [0.2, 0.25) is 0 Å². The third-order valence-electron chi connectivity index (χ3n) is 2.94. The van der Waals surface area contributed by atoms with Crippen LogP contribution in [-0.4, -0.2) is 38.3 Å². The number of amides is 1. The van der Waals surface area contributed by atoms with Crippen molar-refractivity contribution in [3.63, 3.8) is 0 Å². The maximum atomic E-state index is 11.9. The van der Waals surface area contributed by atoms with Gasteiger partial charge in [-0.15, -0.1) is 0 Å². The number of nitrogens with zero attached hydrogens (tertiary/aromatic N) is 1. The Morgan fingerprint density at radius 2 is 2.27 bits per heavy atom. The Morgan fingerprint density at radius 1 is 1.59 bits per heavy atom. The van der Waals surface area contributed by atoms with E-state index in [1.807, 2.05) is 22.6 Å². The topological polar surface area (TPSA) is 110 Å². The summed E-state index contributed by atoms with van der Waals surface area (Å²) in [6.07, 6.45) is 0.616. The second kappa shape index (κ2) is 8.18. The van der Waals surface area contributed by atoms with Gasteiger partial charge in [0.1, 0.15) is 6.29 Å². The summed E-state index contributed by atoms with van der Waals surface area (Å²) in [6, 6.07) is 4.96. The highest BCUT2D eigenvalue weighted by Crippen LogP contribution is 2.16. The Labute approximate surface area is 141 Å². The number of rotatable bonds is 8.